The van der Waals surface area contributed by atoms with Crippen LogP contribution in [0.25, 0.3) is 5.69 Å². The van der Waals surface area contributed by atoms with Crippen molar-refractivity contribution in [1.29, 1.82) is 0 Å². The zero-order valence-corrected chi connectivity index (χ0v) is 13.4. The zero-order chi connectivity index (χ0) is 16.4. The minimum atomic E-state index is -0.253. The van der Waals surface area contributed by atoms with E-state index in [-0.39, 0.29) is 5.91 Å². The van der Waals surface area contributed by atoms with Gasteiger partial charge in [-0.25, -0.2) is 4.68 Å². The summed E-state index contributed by atoms with van der Waals surface area (Å²) >= 11 is 0. The molecule has 0 aliphatic heterocycles. The second-order valence-electron chi connectivity index (χ2n) is 5.49. The van der Waals surface area contributed by atoms with E-state index < -0.39 is 0 Å². The largest absolute Gasteiger partial charge is 0.320 e. The molecule has 0 unspecified atom stereocenters. The quantitative estimate of drug-likeness (QED) is 0.806. The van der Waals surface area contributed by atoms with Gasteiger partial charge in [0.25, 0.3) is 5.91 Å². The lowest BCUT2D eigenvalue weighted by molar-refractivity contribution is 0.102. The van der Waals surface area contributed by atoms with Crippen LogP contribution in [0.4, 0.5) is 5.69 Å². The van der Waals surface area contributed by atoms with E-state index in [1.807, 2.05) is 69.3 Å². The number of anilines is 1. The van der Waals surface area contributed by atoms with Crippen molar-refractivity contribution in [3.63, 3.8) is 0 Å². The second kappa shape index (κ2) is 6.04. The van der Waals surface area contributed by atoms with Crippen molar-refractivity contribution < 1.29 is 4.79 Å². The molecular weight excluding hydrogens is 288 g/mol. The number of rotatable bonds is 3. The van der Waals surface area contributed by atoms with Crippen molar-refractivity contribution >= 4 is 11.6 Å². The molecule has 0 fully saturated rings. The van der Waals surface area contributed by atoms with Crippen molar-refractivity contribution in [2.24, 2.45) is 0 Å². The van der Waals surface area contributed by atoms with E-state index in [0.717, 1.165) is 22.5 Å². The highest BCUT2D eigenvalue weighted by Crippen LogP contribution is 2.18. The Kier molecular flexibility index (Phi) is 3.93. The first-order chi connectivity index (χ1) is 11.1. The Labute approximate surface area is 135 Å². The van der Waals surface area contributed by atoms with Crippen LogP contribution in [0.2, 0.25) is 0 Å². The highest BCUT2D eigenvalue weighted by Gasteiger charge is 2.18. The standard InChI is InChI=1S/C18H18N4O/c1-12-8-4-6-10-15(12)19-18(23)17-14(3)22(21-20-17)16-11-7-5-9-13(16)2/h4-11H,1-3H3,(H,19,23). The summed E-state index contributed by atoms with van der Waals surface area (Å²) in [6.07, 6.45) is 0. The molecule has 0 saturated carbocycles. The SMILES string of the molecule is Cc1ccccc1NC(=O)c1nnn(-c2ccccc2C)c1C. The Morgan fingerprint density at radius 3 is 2.30 bits per heavy atom. The van der Waals surface area contributed by atoms with Crippen LogP contribution in [0.3, 0.4) is 0 Å². The minimum Gasteiger partial charge on any atom is -0.320 e. The van der Waals surface area contributed by atoms with E-state index >= 15 is 0 Å². The van der Waals surface area contributed by atoms with E-state index in [9.17, 15) is 4.79 Å². The molecule has 0 radical (unpaired) electrons. The fourth-order valence-corrected chi connectivity index (χ4v) is 2.46. The number of hydrogen-bond donors (Lipinski definition) is 1. The van der Waals surface area contributed by atoms with Crippen LogP contribution in [-0.2, 0) is 0 Å². The summed E-state index contributed by atoms with van der Waals surface area (Å²) in [6, 6.07) is 15.5. The number of benzene rings is 2. The first-order valence-electron chi connectivity index (χ1n) is 7.43. The van der Waals surface area contributed by atoms with Gasteiger partial charge in [-0.3, -0.25) is 4.79 Å². The maximum absolute atomic E-state index is 12.5. The van der Waals surface area contributed by atoms with E-state index in [0.29, 0.717) is 11.4 Å². The molecule has 1 heterocycles. The molecule has 0 aliphatic carbocycles. The average Bonchev–Trinajstić information content (AvgIpc) is 2.92. The maximum Gasteiger partial charge on any atom is 0.278 e. The first-order valence-corrected chi connectivity index (χ1v) is 7.43. The predicted molar refractivity (Wildman–Crippen MR) is 90.0 cm³/mol. The molecule has 3 aromatic rings. The average molecular weight is 306 g/mol. The van der Waals surface area contributed by atoms with Gasteiger partial charge in [0, 0.05) is 5.69 Å². The third-order valence-electron chi connectivity index (χ3n) is 3.85. The topological polar surface area (TPSA) is 59.8 Å². The van der Waals surface area contributed by atoms with E-state index in [1.54, 1.807) is 4.68 Å². The lowest BCUT2D eigenvalue weighted by atomic mass is 10.2. The molecule has 1 amide bonds. The van der Waals surface area contributed by atoms with Gasteiger partial charge in [0.05, 0.1) is 11.4 Å². The van der Waals surface area contributed by atoms with Crippen LogP contribution in [-0.4, -0.2) is 20.9 Å². The zero-order valence-electron chi connectivity index (χ0n) is 13.4. The summed E-state index contributed by atoms with van der Waals surface area (Å²) in [4.78, 5) is 12.5. The van der Waals surface area contributed by atoms with E-state index in [1.165, 1.54) is 0 Å². The van der Waals surface area contributed by atoms with Crippen LogP contribution in [0, 0.1) is 20.8 Å². The normalized spacial score (nSPS) is 10.6. The number of para-hydroxylation sites is 2. The number of nitrogens with zero attached hydrogens (tertiary/aromatic N) is 3. The molecule has 1 aromatic heterocycles. The van der Waals surface area contributed by atoms with Crippen LogP contribution in [0.15, 0.2) is 48.5 Å². The van der Waals surface area contributed by atoms with Crippen molar-refractivity contribution in [2.45, 2.75) is 20.8 Å². The number of hydrogen-bond acceptors (Lipinski definition) is 3. The molecule has 0 saturated heterocycles. The number of carbonyl (C=O) groups excluding carboxylic acids is 1. The van der Waals surface area contributed by atoms with E-state index in [4.69, 9.17) is 0 Å². The molecular formula is C18H18N4O. The number of amides is 1. The summed E-state index contributed by atoms with van der Waals surface area (Å²) in [5.41, 5.74) is 4.83. The minimum absolute atomic E-state index is 0.253. The third kappa shape index (κ3) is 2.85. The lowest BCUT2D eigenvalue weighted by Crippen LogP contribution is -2.15. The Balaban J connectivity index is 1.92. The highest BCUT2D eigenvalue weighted by molar-refractivity contribution is 6.04. The van der Waals surface area contributed by atoms with Crippen LogP contribution in [0.1, 0.15) is 27.3 Å². The lowest BCUT2D eigenvalue weighted by Gasteiger charge is -2.08. The summed E-state index contributed by atoms with van der Waals surface area (Å²) in [6.45, 7) is 5.80. The smallest absolute Gasteiger partial charge is 0.278 e. The van der Waals surface area contributed by atoms with Gasteiger partial charge in [-0.1, -0.05) is 41.6 Å². The molecule has 3 rings (SSSR count). The second-order valence-corrected chi connectivity index (χ2v) is 5.49. The predicted octanol–water partition coefficient (Wildman–Crippen LogP) is 3.44. The molecule has 0 atom stereocenters. The van der Waals surface area contributed by atoms with Crippen molar-refractivity contribution in [3.05, 3.63) is 71.0 Å². The van der Waals surface area contributed by atoms with Crippen LogP contribution in [0.5, 0.6) is 0 Å². The number of aromatic nitrogens is 3. The summed E-state index contributed by atoms with van der Waals surface area (Å²) < 4.78 is 1.70. The Morgan fingerprint density at radius 2 is 1.61 bits per heavy atom. The molecule has 0 aliphatic rings. The fourth-order valence-electron chi connectivity index (χ4n) is 2.46. The van der Waals surface area contributed by atoms with E-state index in [2.05, 4.69) is 15.6 Å². The van der Waals surface area contributed by atoms with Gasteiger partial charge in [0.15, 0.2) is 5.69 Å². The molecule has 116 valence electrons. The van der Waals surface area contributed by atoms with Gasteiger partial charge in [-0.05, 0) is 44.0 Å². The third-order valence-corrected chi connectivity index (χ3v) is 3.85. The van der Waals surface area contributed by atoms with Crippen LogP contribution < -0.4 is 5.32 Å². The fraction of sp³-hybridized carbons (Fsp3) is 0.167. The molecule has 0 spiro atoms. The van der Waals surface area contributed by atoms with Crippen molar-refractivity contribution in [3.8, 4) is 5.69 Å². The number of carbonyl (C=O) groups is 1. The molecule has 1 N–H and O–H groups in total. The number of nitrogens with one attached hydrogen (secondary N) is 1. The maximum atomic E-state index is 12.5. The van der Waals surface area contributed by atoms with Crippen molar-refractivity contribution in [1.82, 2.24) is 15.0 Å². The summed E-state index contributed by atoms with van der Waals surface area (Å²) in [7, 11) is 0. The van der Waals surface area contributed by atoms with Crippen molar-refractivity contribution in [2.75, 3.05) is 5.32 Å². The highest BCUT2D eigenvalue weighted by atomic mass is 16.2. The molecule has 0 bridgehead atoms. The molecule has 2 aromatic carbocycles. The van der Waals surface area contributed by atoms with Gasteiger partial charge >= 0.3 is 0 Å². The number of aryl methyl sites for hydroxylation is 2. The van der Waals surface area contributed by atoms with Gasteiger partial charge in [-0.15, -0.1) is 5.10 Å². The molecule has 5 heteroatoms. The monoisotopic (exact) mass is 306 g/mol. The van der Waals surface area contributed by atoms with Crippen LogP contribution >= 0.6 is 0 Å². The molecule has 5 nitrogen and oxygen atoms in total. The summed E-state index contributed by atoms with van der Waals surface area (Å²) in [5, 5.41) is 11.1. The van der Waals surface area contributed by atoms with Gasteiger partial charge < -0.3 is 5.32 Å². The van der Waals surface area contributed by atoms with Gasteiger partial charge in [0.1, 0.15) is 0 Å². The summed E-state index contributed by atoms with van der Waals surface area (Å²) in [5.74, 6) is -0.253. The molecule has 23 heavy (non-hydrogen) atoms. The Hall–Kier alpha value is -2.95. The Bertz CT molecular complexity index is 867. The van der Waals surface area contributed by atoms with Gasteiger partial charge in [0.2, 0.25) is 0 Å². The van der Waals surface area contributed by atoms with Gasteiger partial charge in [-0.2, -0.15) is 0 Å². The Morgan fingerprint density at radius 1 is 0.957 bits per heavy atom. The first kappa shape index (κ1) is 15.0.